The zero-order chi connectivity index (χ0) is 11.8. The first-order valence-corrected chi connectivity index (χ1v) is 5.67. The number of aryl methyl sites for hydroxylation is 2. The number of nitrogens with two attached hydrogens (primary N) is 1. The van der Waals surface area contributed by atoms with Gasteiger partial charge in [0.05, 0.1) is 6.04 Å². The monoisotopic (exact) mass is 230 g/mol. The first-order valence-electron chi connectivity index (χ1n) is 5.67. The standard InChI is InChI=1S/C12H14N4O/c1-7-14-12(17-16-7)15-11-5-2-8-6-9(13)3-4-10(8)11/h3-4,6,11H,2,5,13H2,1H3,(H,14,15,16). The number of hydrogen-bond acceptors (Lipinski definition) is 5. The molecule has 1 aromatic heterocycles. The van der Waals surface area contributed by atoms with Crippen molar-refractivity contribution in [3.05, 3.63) is 35.2 Å². The van der Waals surface area contributed by atoms with Crippen molar-refractivity contribution in [2.75, 3.05) is 11.1 Å². The Kier molecular flexibility index (Phi) is 2.24. The van der Waals surface area contributed by atoms with Crippen LogP contribution in [0.4, 0.5) is 11.7 Å². The van der Waals surface area contributed by atoms with Gasteiger partial charge in [0.15, 0.2) is 5.82 Å². The van der Waals surface area contributed by atoms with Crippen LogP contribution < -0.4 is 11.1 Å². The normalized spacial score (nSPS) is 18.1. The lowest BCUT2D eigenvalue weighted by Gasteiger charge is -2.11. The number of anilines is 2. The average molecular weight is 230 g/mol. The maximum absolute atomic E-state index is 5.77. The Morgan fingerprint density at radius 1 is 1.47 bits per heavy atom. The van der Waals surface area contributed by atoms with Crippen molar-refractivity contribution < 1.29 is 4.52 Å². The van der Waals surface area contributed by atoms with E-state index in [9.17, 15) is 0 Å². The number of nitrogens with zero attached hydrogens (tertiary/aromatic N) is 2. The zero-order valence-electron chi connectivity index (χ0n) is 9.60. The Morgan fingerprint density at radius 3 is 3.12 bits per heavy atom. The van der Waals surface area contributed by atoms with Crippen molar-refractivity contribution in [2.45, 2.75) is 25.8 Å². The van der Waals surface area contributed by atoms with E-state index in [1.807, 2.05) is 12.1 Å². The fourth-order valence-electron chi connectivity index (χ4n) is 2.29. The van der Waals surface area contributed by atoms with E-state index in [1.165, 1.54) is 11.1 Å². The quantitative estimate of drug-likeness (QED) is 0.772. The molecule has 0 spiro atoms. The van der Waals surface area contributed by atoms with Crippen LogP contribution in [0.25, 0.3) is 0 Å². The lowest BCUT2D eigenvalue weighted by molar-refractivity contribution is 0.421. The summed E-state index contributed by atoms with van der Waals surface area (Å²) in [6, 6.07) is 6.76. The van der Waals surface area contributed by atoms with Crippen molar-refractivity contribution in [3.63, 3.8) is 0 Å². The van der Waals surface area contributed by atoms with E-state index in [1.54, 1.807) is 6.92 Å². The summed E-state index contributed by atoms with van der Waals surface area (Å²) < 4.78 is 5.07. The molecule has 0 aliphatic heterocycles. The molecule has 1 heterocycles. The van der Waals surface area contributed by atoms with Crippen molar-refractivity contribution in [2.24, 2.45) is 0 Å². The van der Waals surface area contributed by atoms with E-state index in [0.29, 0.717) is 11.8 Å². The highest BCUT2D eigenvalue weighted by Gasteiger charge is 2.23. The van der Waals surface area contributed by atoms with E-state index in [0.717, 1.165) is 18.5 Å². The van der Waals surface area contributed by atoms with Gasteiger partial charge in [-0.25, -0.2) is 0 Å². The van der Waals surface area contributed by atoms with Gasteiger partial charge in [-0.05, 0) is 43.0 Å². The minimum Gasteiger partial charge on any atom is -0.399 e. The number of rotatable bonds is 2. The molecule has 1 aromatic carbocycles. The molecule has 2 aromatic rings. The molecule has 5 heteroatoms. The first-order chi connectivity index (χ1) is 8.22. The summed E-state index contributed by atoms with van der Waals surface area (Å²) in [5, 5.41) is 7.02. The summed E-state index contributed by atoms with van der Waals surface area (Å²) in [6.45, 7) is 1.80. The number of nitrogen functional groups attached to an aromatic ring is 1. The summed E-state index contributed by atoms with van der Waals surface area (Å²) in [4.78, 5) is 4.15. The van der Waals surface area contributed by atoms with Crippen LogP contribution in [-0.4, -0.2) is 10.1 Å². The molecule has 1 atom stereocenters. The van der Waals surface area contributed by atoms with Gasteiger partial charge in [0, 0.05) is 5.69 Å². The molecule has 3 N–H and O–H groups in total. The predicted molar refractivity (Wildman–Crippen MR) is 64.6 cm³/mol. The molecule has 0 fully saturated rings. The molecule has 5 nitrogen and oxygen atoms in total. The molecule has 1 aliphatic rings. The second-order valence-electron chi connectivity index (χ2n) is 4.34. The molecule has 0 radical (unpaired) electrons. The minimum absolute atomic E-state index is 0.241. The van der Waals surface area contributed by atoms with Crippen LogP contribution in [0.5, 0.6) is 0 Å². The topological polar surface area (TPSA) is 77.0 Å². The Labute approximate surface area is 99.0 Å². The van der Waals surface area contributed by atoms with Crippen LogP contribution in [0.3, 0.4) is 0 Å². The van der Waals surface area contributed by atoms with Gasteiger partial charge in [-0.2, -0.15) is 4.98 Å². The molecule has 1 unspecified atom stereocenters. The van der Waals surface area contributed by atoms with E-state index in [4.69, 9.17) is 10.3 Å². The molecule has 0 saturated heterocycles. The molecule has 3 rings (SSSR count). The van der Waals surface area contributed by atoms with Crippen molar-refractivity contribution in [3.8, 4) is 0 Å². The maximum Gasteiger partial charge on any atom is 0.321 e. The van der Waals surface area contributed by atoms with Gasteiger partial charge in [0.25, 0.3) is 0 Å². The number of benzene rings is 1. The van der Waals surface area contributed by atoms with Gasteiger partial charge in [0.1, 0.15) is 0 Å². The van der Waals surface area contributed by atoms with Gasteiger partial charge in [0.2, 0.25) is 0 Å². The van der Waals surface area contributed by atoms with E-state index in [-0.39, 0.29) is 6.04 Å². The Morgan fingerprint density at radius 2 is 2.35 bits per heavy atom. The average Bonchev–Trinajstić information content (AvgIpc) is 2.86. The third-order valence-corrected chi connectivity index (χ3v) is 3.07. The molecule has 0 amide bonds. The van der Waals surface area contributed by atoms with Gasteiger partial charge in [-0.3, -0.25) is 0 Å². The van der Waals surface area contributed by atoms with Crippen LogP contribution >= 0.6 is 0 Å². The van der Waals surface area contributed by atoms with Gasteiger partial charge >= 0.3 is 6.01 Å². The largest absolute Gasteiger partial charge is 0.399 e. The Balaban J connectivity index is 1.84. The molecule has 0 bridgehead atoms. The van der Waals surface area contributed by atoms with Gasteiger partial charge in [-0.15, -0.1) is 0 Å². The number of fused-ring (bicyclic) bond motifs is 1. The summed E-state index contributed by atoms with van der Waals surface area (Å²) in [7, 11) is 0. The molecule has 1 aliphatic carbocycles. The first kappa shape index (κ1) is 10.1. The second kappa shape index (κ2) is 3.76. The summed E-state index contributed by atoms with van der Waals surface area (Å²) in [5.41, 5.74) is 9.17. The highest BCUT2D eigenvalue weighted by molar-refractivity contribution is 5.49. The van der Waals surface area contributed by atoms with Crippen LogP contribution in [0.2, 0.25) is 0 Å². The summed E-state index contributed by atoms with van der Waals surface area (Å²) in [6.07, 6.45) is 2.06. The van der Waals surface area contributed by atoms with E-state index >= 15 is 0 Å². The fraction of sp³-hybridized carbons (Fsp3) is 0.333. The van der Waals surface area contributed by atoms with Crippen molar-refractivity contribution in [1.82, 2.24) is 10.1 Å². The molecular weight excluding hydrogens is 216 g/mol. The number of nitrogens with one attached hydrogen (secondary N) is 1. The van der Waals surface area contributed by atoms with Gasteiger partial charge < -0.3 is 15.6 Å². The minimum atomic E-state index is 0.241. The van der Waals surface area contributed by atoms with Crippen LogP contribution in [0.1, 0.15) is 29.4 Å². The lowest BCUT2D eigenvalue weighted by atomic mass is 10.1. The number of aromatic nitrogens is 2. The predicted octanol–water partition coefficient (Wildman–Crippen LogP) is 2.06. The molecular formula is C12H14N4O. The Hall–Kier alpha value is -2.04. The highest BCUT2D eigenvalue weighted by Crippen LogP contribution is 2.34. The third-order valence-electron chi connectivity index (χ3n) is 3.07. The molecule has 17 heavy (non-hydrogen) atoms. The van der Waals surface area contributed by atoms with Gasteiger partial charge in [-0.1, -0.05) is 11.2 Å². The van der Waals surface area contributed by atoms with Crippen LogP contribution in [0, 0.1) is 6.92 Å². The SMILES string of the molecule is Cc1noc(NC2CCc3cc(N)ccc32)n1. The Bertz CT molecular complexity index is 549. The molecule has 0 saturated carbocycles. The number of hydrogen-bond donors (Lipinski definition) is 2. The molecule has 88 valence electrons. The highest BCUT2D eigenvalue weighted by atomic mass is 16.5. The smallest absolute Gasteiger partial charge is 0.321 e. The lowest BCUT2D eigenvalue weighted by Crippen LogP contribution is -2.07. The second-order valence-corrected chi connectivity index (χ2v) is 4.34. The fourth-order valence-corrected chi connectivity index (χ4v) is 2.29. The zero-order valence-corrected chi connectivity index (χ0v) is 9.60. The summed E-state index contributed by atoms with van der Waals surface area (Å²) in [5.74, 6) is 0.642. The van der Waals surface area contributed by atoms with E-state index in [2.05, 4.69) is 21.5 Å². The van der Waals surface area contributed by atoms with Crippen LogP contribution in [0.15, 0.2) is 22.7 Å². The third kappa shape index (κ3) is 1.84. The van der Waals surface area contributed by atoms with E-state index < -0.39 is 0 Å². The van der Waals surface area contributed by atoms with Crippen molar-refractivity contribution >= 4 is 11.7 Å². The summed E-state index contributed by atoms with van der Waals surface area (Å²) >= 11 is 0. The maximum atomic E-state index is 5.77. The van der Waals surface area contributed by atoms with Crippen molar-refractivity contribution in [1.29, 1.82) is 0 Å². The van der Waals surface area contributed by atoms with Crippen LogP contribution in [-0.2, 0) is 6.42 Å².